The minimum atomic E-state index is -0.840. The van der Waals surface area contributed by atoms with Crippen LogP contribution in [-0.2, 0) is 14.3 Å². The zero-order valence-corrected chi connectivity index (χ0v) is 48.0. The number of aliphatic hydroxyl groups is 2. The van der Waals surface area contributed by atoms with Crippen LogP contribution in [0.2, 0.25) is 0 Å². The number of hydrogen-bond donors (Lipinski definition) is 3. The molecule has 1 amide bonds. The predicted octanol–water partition coefficient (Wildman–Crippen LogP) is 20.2. The molecule has 0 aromatic heterocycles. The van der Waals surface area contributed by atoms with E-state index >= 15 is 0 Å². The SMILES string of the molecule is CCCCCCCCCC/C=C/C(O)C(CO)NC(=O)CCCCCCCCCCCCCCCCCC/C=C\CCCCCCCCCCCCCCOC(=O)CCCCCCCCCCCCCC. The molecular formula is C65H125NO5. The second-order valence-electron chi connectivity index (χ2n) is 22.1. The summed E-state index contributed by atoms with van der Waals surface area (Å²) in [6, 6.07) is -0.623. The molecule has 6 nitrogen and oxygen atoms in total. The maximum Gasteiger partial charge on any atom is 0.305 e. The van der Waals surface area contributed by atoms with Crippen LogP contribution in [0.1, 0.15) is 354 Å². The van der Waals surface area contributed by atoms with Crippen molar-refractivity contribution in [3.63, 3.8) is 0 Å². The molecule has 0 aliphatic heterocycles. The summed E-state index contributed by atoms with van der Waals surface area (Å²) in [6.07, 6.45) is 75.4. The molecule has 0 saturated carbocycles. The Kier molecular flexibility index (Phi) is 59.5. The van der Waals surface area contributed by atoms with Crippen LogP contribution in [0.4, 0.5) is 0 Å². The number of nitrogens with one attached hydrogen (secondary N) is 1. The van der Waals surface area contributed by atoms with Gasteiger partial charge in [0.25, 0.3) is 0 Å². The fourth-order valence-corrected chi connectivity index (χ4v) is 10.0. The zero-order chi connectivity index (χ0) is 51.4. The summed E-state index contributed by atoms with van der Waals surface area (Å²) in [6.45, 7) is 4.90. The van der Waals surface area contributed by atoms with E-state index in [-0.39, 0.29) is 18.5 Å². The van der Waals surface area contributed by atoms with Crippen LogP contribution in [0.5, 0.6) is 0 Å². The minimum Gasteiger partial charge on any atom is -0.466 e. The zero-order valence-electron chi connectivity index (χ0n) is 48.0. The van der Waals surface area contributed by atoms with Gasteiger partial charge >= 0.3 is 5.97 Å². The third kappa shape index (κ3) is 57.5. The summed E-state index contributed by atoms with van der Waals surface area (Å²) in [5, 5.41) is 23.0. The van der Waals surface area contributed by atoms with Gasteiger partial charge in [0.1, 0.15) is 0 Å². The summed E-state index contributed by atoms with van der Waals surface area (Å²) >= 11 is 0. The minimum absolute atomic E-state index is 0.0188. The van der Waals surface area contributed by atoms with Crippen LogP contribution >= 0.6 is 0 Å². The van der Waals surface area contributed by atoms with Gasteiger partial charge in [-0.25, -0.2) is 0 Å². The van der Waals surface area contributed by atoms with E-state index in [0.717, 1.165) is 38.5 Å². The van der Waals surface area contributed by atoms with Crippen molar-refractivity contribution >= 4 is 11.9 Å². The van der Waals surface area contributed by atoms with E-state index in [1.54, 1.807) is 6.08 Å². The van der Waals surface area contributed by atoms with Crippen molar-refractivity contribution in [1.82, 2.24) is 5.32 Å². The summed E-state index contributed by atoms with van der Waals surface area (Å²) in [5.74, 6) is -0.0473. The van der Waals surface area contributed by atoms with Crippen molar-refractivity contribution in [2.45, 2.75) is 366 Å². The van der Waals surface area contributed by atoms with Crippen molar-refractivity contribution in [3.05, 3.63) is 24.3 Å². The van der Waals surface area contributed by atoms with Crippen molar-refractivity contribution in [1.29, 1.82) is 0 Å². The Balaban J connectivity index is 3.34. The lowest BCUT2D eigenvalue weighted by Gasteiger charge is -2.20. The molecule has 3 N–H and O–H groups in total. The number of carbonyl (C=O) groups is 2. The van der Waals surface area contributed by atoms with Gasteiger partial charge in [-0.2, -0.15) is 0 Å². The molecule has 0 spiro atoms. The lowest BCUT2D eigenvalue weighted by atomic mass is 10.0. The molecular weight excluding hydrogens is 875 g/mol. The Bertz CT molecular complexity index is 1110. The molecule has 0 heterocycles. The van der Waals surface area contributed by atoms with Crippen LogP contribution in [0.3, 0.4) is 0 Å². The normalized spacial score (nSPS) is 12.7. The van der Waals surface area contributed by atoms with E-state index < -0.39 is 12.1 Å². The number of esters is 1. The molecule has 0 aliphatic carbocycles. The summed E-state index contributed by atoms with van der Waals surface area (Å²) in [7, 11) is 0. The Labute approximate surface area is 443 Å². The van der Waals surface area contributed by atoms with Gasteiger partial charge in [0, 0.05) is 12.8 Å². The standard InChI is InChI=1S/C65H125NO5/c1-3-5-7-9-11-13-15-39-43-47-51-55-59-65(70)71-60-56-52-48-44-40-37-35-33-31-29-27-25-23-21-19-17-16-18-20-22-24-26-28-30-32-34-36-38-42-46-50-54-58-64(69)66-62(61-67)63(68)57-53-49-45-41-14-12-10-8-6-4-2/h19,21,53,57,62-63,67-68H,3-18,20,22-52,54-56,58-61H2,1-2H3,(H,66,69)/b21-19-,57-53+. The van der Waals surface area contributed by atoms with E-state index in [0.29, 0.717) is 19.4 Å². The van der Waals surface area contributed by atoms with Crippen LogP contribution in [0.25, 0.3) is 0 Å². The topological polar surface area (TPSA) is 95.9 Å². The second-order valence-corrected chi connectivity index (χ2v) is 22.1. The average Bonchev–Trinajstić information content (AvgIpc) is 3.37. The van der Waals surface area contributed by atoms with Gasteiger partial charge in [-0.15, -0.1) is 0 Å². The fraction of sp³-hybridized carbons (Fsp3) is 0.908. The summed E-state index contributed by atoms with van der Waals surface area (Å²) in [5.41, 5.74) is 0. The number of carbonyl (C=O) groups excluding carboxylic acids is 2. The number of allylic oxidation sites excluding steroid dienone is 3. The predicted molar refractivity (Wildman–Crippen MR) is 310 cm³/mol. The van der Waals surface area contributed by atoms with E-state index in [2.05, 4.69) is 31.3 Å². The summed E-state index contributed by atoms with van der Waals surface area (Å²) in [4.78, 5) is 24.4. The molecule has 0 saturated heterocycles. The highest BCUT2D eigenvalue weighted by Crippen LogP contribution is 2.18. The highest BCUT2D eigenvalue weighted by atomic mass is 16.5. The monoisotopic (exact) mass is 1000 g/mol. The van der Waals surface area contributed by atoms with Gasteiger partial charge in [-0.3, -0.25) is 9.59 Å². The van der Waals surface area contributed by atoms with Gasteiger partial charge in [0.15, 0.2) is 0 Å². The summed E-state index contributed by atoms with van der Waals surface area (Å²) < 4.78 is 5.48. The first kappa shape index (κ1) is 69.3. The molecule has 0 rings (SSSR count). The number of rotatable bonds is 60. The molecule has 0 fully saturated rings. The van der Waals surface area contributed by atoms with Gasteiger partial charge in [-0.05, 0) is 57.8 Å². The first-order valence-electron chi connectivity index (χ1n) is 32.1. The largest absolute Gasteiger partial charge is 0.466 e. The lowest BCUT2D eigenvalue weighted by molar-refractivity contribution is -0.143. The second kappa shape index (κ2) is 60.9. The number of unbranched alkanes of at least 4 members (excludes halogenated alkanes) is 47. The Hall–Kier alpha value is -1.66. The molecule has 0 bridgehead atoms. The van der Waals surface area contributed by atoms with Crippen molar-refractivity contribution in [3.8, 4) is 0 Å². The van der Waals surface area contributed by atoms with Crippen LogP contribution in [0.15, 0.2) is 24.3 Å². The Morgan fingerprint density at radius 3 is 1.00 bits per heavy atom. The van der Waals surface area contributed by atoms with Crippen molar-refractivity contribution in [2.75, 3.05) is 13.2 Å². The lowest BCUT2D eigenvalue weighted by Crippen LogP contribution is -2.45. The van der Waals surface area contributed by atoms with Gasteiger partial charge in [0.05, 0.1) is 25.4 Å². The fourth-order valence-electron chi connectivity index (χ4n) is 10.0. The molecule has 71 heavy (non-hydrogen) atoms. The van der Waals surface area contributed by atoms with Crippen molar-refractivity contribution in [2.24, 2.45) is 0 Å². The average molecular weight is 1000 g/mol. The van der Waals surface area contributed by atoms with Crippen LogP contribution < -0.4 is 5.32 Å². The van der Waals surface area contributed by atoms with Crippen LogP contribution in [0, 0.1) is 0 Å². The van der Waals surface area contributed by atoms with Crippen LogP contribution in [-0.4, -0.2) is 47.4 Å². The first-order chi connectivity index (χ1) is 35.0. The number of amides is 1. The highest BCUT2D eigenvalue weighted by molar-refractivity contribution is 5.76. The molecule has 0 aromatic rings. The van der Waals surface area contributed by atoms with Gasteiger partial charge in [-0.1, -0.05) is 308 Å². The Morgan fingerprint density at radius 2 is 0.662 bits per heavy atom. The number of hydrogen-bond acceptors (Lipinski definition) is 5. The van der Waals surface area contributed by atoms with E-state index in [1.165, 1.54) is 289 Å². The first-order valence-corrected chi connectivity index (χ1v) is 32.1. The quantitative estimate of drug-likeness (QED) is 0.0320. The highest BCUT2D eigenvalue weighted by Gasteiger charge is 2.18. The van der Waals surface area contributed by atoms with E-state index in [1.807, 2.05) is 6.08 Å². The molecule has 0 radical (unpaired) electrons. The smallest absolute Gasteiger partial charge is 0.305 e. The third-order valence-corrected chi connectivity index (χ3v) is 15.0. The number of aliphatic hydroxyl groups excluding tert-OH is 2. The molecule has 6 heteroatoms. The maximum atomic E-state index is 12.4. The molecule has 420 valence electrons. The molecule has 2 atom stereocenters. The maximum absolute atomic E-state index is 12.4. The molecule has 0 aliphatic rings. The molecule has 0 aromatic carbocycles. The van der Waals surface area contributed by atoms with Gasteiger partial charge < -0.3 is 20.3 Å². The Morgan fingerprint density at radius 1 is 0.380 bits per heavy atom. The van der Waals surface area contributed by atoms with E-state index in [9.17, 15) is 19.8 Å². The van der Waals surface area contributed by atoms with Gasteiger partial charge in [0.2, 0.25) is 5.91 Å². The van der Waals surface area contributed by atoms with E-state index in [4.69, 9.17) is 4.74 Å². The third-order valence-electron chi connectivity index (χ3n) is 15.0. The van der Waals surface area contributed by atoms with Crippen molar-refractivity contribution < 1.29 is 24.5 Å². The number of ether oxygens (including phenoxy) is 1. The molecule has 2 unspecified atom stereocenters.